The van der Waals surface area contributed by atoms with Crippen LogP contribution < -0.4 is 0 Å². The van der Waals surface area contributed by atoms with E-state index in [-0.39, 0.29) is 24.4 Å². The number of nitrogens with zero attached hydrogens (tertiary/aromatic N) is 1. The first kappa shape index (κ1) is 17.9. The number of carbonyl (C=O) groups is 2. The molecule has 0 aliphatic carbocycles. The van der Waals surface area contributed by atoms with Gasteiger partial charge in [-0.1, -0.05) is 46.0 Å². The van der Waals surface area contributed by atoms with Gasteiger partial charge < -0.3 is 9.64 Å². The lowest BCUT2D eigenvalue weighted by Gasteiger charge is -2.15. The van der Waals surface area contributed by atoms with Crippen molar-refractivity contribution in [2.75, 3.05) is 20.7 Å². The van der Waals surface area contributed by atoms with Gasteiger partial charge >= 0.3 is 5.97 Å². The summed E-state index contributed by atoms with van der Waals surface area (Å²) in [6.07, 6.45) is 7.62. The number of ether oxygens (including phenoxy) is 1. The van der Waals surface area contributed by atoms with Crippen LogP contribution in [0.3, 0.4) is 0 Å². The molecule has 0 saturated heterocycles. The van der Waals surface area contributed by atoms with Crippen LogP contribution in [0.1, 0.15) is 58.8 Å². The van der Waals surface area contributed by atoms with Gasteiger partial charge in [0.2, 0.25) is 0 Å². The topological polar surface area (TPSA) is 46.6 Å². The Hall–Kier alpha value is -1.06. The number of amides is 1. The molecule has 1 amide bonds. The molecule has 19 heavy (non-hydrogen) atoms. The zero-order valence-corrected chi connectivity index (χ0v) is 12.9. The lowest BCUT2D eigenvalue weighted by molar-refractivity contribution is -0.155. The normalized spacial score (nSPS) is 12.0. The minimum atomic E-state index is -0.229. The number of likely N-dealkylation sites (N-methyl/N-ethyl adjacent to an activating group) is 1. The predicted molar refractivity (Wildman–Crippen MR) is 76.8 cm³/mol. The monoisotopic (exact) mass is 271 g/mol. The number of rotatable bonds is 10. The Morgan fingerprint density at radius 2 is 1.68 bits per heavy atom. The van der Waals surface area contributed by atoms with E-state index in [1.54, 1.807) is 14.1 Å². The van der Waals surface area contributed by atoms with E-state index >= 15 is 0 Å². The van der Waals surface area contributed by atoms with Gasteiger partial charge in [0.15, 0.2) is 6.61 Å². The van der Waals surface area contributed by atoms with Gasteiger partial charge in [-0.15, -0.1) is 0 Å². The Morgan fingerprint density at radius 1 is 1.05 bits per heavy atom. The average molecular weight is 271 g/mol. The SMILES string of the molecule is CCCCCCCC(CC)C(=O)OCC(=O)N(C)C. The third-order valence-corrected chi connectivity index (χ3v) is 3.32. The number of carbonyl (C=O) groups excluding carboxylic acids is 2. The molecule has 112 valence electrons. The lowest BCUT2D eigenvalue weighted by Crippen LogP contribution is -2.29. The molecule has 0 spiro atoms. The molecule has 0 aromatic carbocycles. The van der Waals surface area contributed by atoms with Gasteiger partial charge in [-0.25, -0.2) is 0 Å². The van der Waals surface area contributed by atoms with Crippen molar-refractivity contribution in [3.63, 3.8) is 0 Å². The van der Waals surface area contributed by atoms with Gasteiger partial charge in [0.25, 0.3) is 5.91 Å². The molecule has 4 heteroatoms. The van der Waals surface area contributed by atoms with Crippen molar-refractivity contribution in [3.05, 3.63) is 0 Å². The molecule has 0 radical (unpaired) electrons. The van der Waals surface area contributed by atoms with Crippen LogP contribution >= 0.6 is 0 Å². The first-order chi connectivity index (χ1) is 9.02. The summed E-state index contributed by atoms with van der Waals surface area (Å²) in [6, 6.07) is 0. The van der Waals surface area contributed by atoms with Gasteiger partial charge in [-0.2, -0.15) is 0 Å². The van der Waals surface area contributed by atoms with Gasteiger partial charge in [-0.3, -0.25) is 9.59 Å². The second kappa shape index (κ2) is 10.8. The van der Waals surface area contributed by atoms with Crippen LogP contribution in [-0.4, -0.2) is 37.5 Å². The van der Waals surface area contributed by atoms with E-state index in [0.29, 0.717) is 0 Å². The second-order valence-corrected chi connectivity index (χ2v) is 5.20. The molecular formula is C15H29NO3. The summed E-state index contributed by atoms with van der Waals surface area (Å²) in [4.78, 5) is 24.6. The number of hydrogen-bond acceptors (Lipinski definition) is 3. The van der Waals surface area contributed by atoms with Gasteiger partial charge in [0.05, 0.1) is 5.92 Å². The van der Waals surface area contributed by atoms with Crippen molar-refractivity contribution in [3.8, 4) is 0 Å². The summed E-state index contributed by atoms with van der Waals surface area (Å²) >= 11 is 0. The summed E-state index contributed by atoms with van der Waals surface area (Å²) in [7, 11) is 3.31. The molecule has 0 fully saturated rings. The summed E-state index contributed by atoms with van der Waals surface area (Å²) in [5.74, 6) is -0.462. The van der Waals surface area contributed by atoms with Crippen molar-refractivity contribution < 1.29 is 14.3 Å². The molecule has 0 bridgehead atoms. The highest BCUT2D eigenvalue weighted by atomic mass is 16.5. The molecule has 0 rings (SSSR count). The quantitative estimate of drug-likeness (QED) is 0.453. The van der Waals surface area contributed by atoms with Crippen LogP contribution in [0.15, 0.2) is 0 Å². The van der Waals surface area contributed by atoms with Crippen molar-refractivity contribution in [2.45, 2.75) is 58.8 Å². The maximum Gasteiger partial charge on any atom is 0.309 e. The molecule has 0 saturated carbocycles. The first-order valence-electron chi connectivity index (χ1n) is 7.39. The zero-order valence-electron chi connectivity index (χ0n) is 12.9. The van der Waals surface area contributed by atoms with E-state index in [4.69, 9.17) is 4.74 Å². The Bertz CT molecular complexity index is 264. The maximum absolute atomic E-state index is 11.8. The fourth-order valence-electron chi connectivity index (χ4n) is 1.86. The largest absolute Gasteiger partial charge is 0.455 e. The van der Waals surface area contributed by atoms with E-state index in [1.165, 1.54) is 30.6 Å². The molecule has 0 heterocycles. The van der Waals surface area contributed by atoms with Crippen molar-refractivity contribution in [2.24, 2.45) is 5.92 Å². The summed E-state index contributed by atoms with van der Waals surface area (Å²) < 4.78 is 5.07. The third-order valence-electron chi connectivity index (χ3n) is 3.32. The van der Waals surface area contributed by atoms with Crippen LogP contribution in [0.2, 0.25) is 0 Å². The van der Waals surface area contributed by atoms with Crippen molar-refractivity contribution in [1.82, 2.24) is 4.90 Å². The molecule has 0 aromatic heterocycles. The van der Waals surface area contributed by atoms with E-state index in [2.05, 4.69) is 6.92 Å². The van der Waals surface area contributed by atoms with Gasteiger partial charge in [0, 0.05) is 14.1 Å². The van der Waals surface area contributed by atoms with E-state index < -0.39 is 0 Å². The standard InChI is InChI=1S/C15H29NO3/c1-5-7-8-9-10-11-13(6-2)15(18)19-12-14(17)16(3)4/h13H,5-12H2,1-4H3. The highest BCUT2D eigenvalue weighted by Crippen LogP contribution is 2.16. The Labute approximate surface area is 117 Å². The highest BCUT2D eigenvalue weighted by molar-refractivity contribution is 5.80. The minimum Gasteiger partial charge on any atom is -0.455 e. The molecule has 1 unspecified atom stereocenters. The molecule has 0 aliphatic heterocycles. The highest BCUT2D eigenvalue weighted by Gasteiger charge is 2.19. The van der Waals surface area contributed by atoms with Crippen LogP contribution in [0, 0.1) is 5.92 Å². The Kier molecular flexibility index (Phi) is 10.2. The number of esters is 1. The summed E-state index contributed by atoms with van der Waals surface area (Å²) in [5, 5.41) is 0. The van der Waals surface area contributed by atoms with Crippen molar-refractivity contribution in [1.29, 1.82) is 0 Å². The second-order valence-electron chi connectivity index (χ2n) is 5.20. The van der Waals surface area contributed by atoms with Crippen LogP contribution in [0.4, 0.5) is 0 Å². The van der Waals surface area contributed by atoms with Crippen molar-refractivity contribution >= 4 is 11.9 Å². The van der Waals surface area contributed by atoms with E-state index in [9.17, 15) is 9.59 Å². The molecule has 0 aliphatic rings. The van der Waals surface area contributed by atoms with Crippen LogP contribution in [-0.2, 0) is 14.3 Å². The smallest absolute Gasteiger partial charge is 0.309 e. The van der Waals surface area contributed by atoms with E-state index in [1.807, 2.05) is 6.92 Å². The number of hydrogen-bond donors (Lipinski definition) is 0. The Balaban J connectivity index is 3.87. The van der Waals surface area contributed by atoms with Gasteiger partial charge in [-0.05, 0) is 12.8 Å². The predicted octanol–water partition coefficient (Wildman–Crippen LogP) is 3.00. The maximum atomic E-state index is 11.8. The summed E-state index contributed by atoms with van der Waals surface area (Å²) in [6.45, 7) is 4.04. The van der Waals surface area contributed by atoms with E-state index in [0.717, 1.165) is 19.3 Å². The Morgan fingerprint density at radius 3 is 2.21 bits per heavy atom. The minimum absolute atomic E-state index is 0.0587. The van der Waals surface area contributed by atoms with Gasteiger partial charge in [0.1, 0.15) is 0 Å². The fourth-order valence-corrected chi connectivity index (χ4v) is 1.86. The third kappa shape index (κ3) is 8.62. The molecular weight excluding hydrogens is 242 g/mol. The average Bonchev–Trinajstić information content (AvgIpc) is 2.39. The fraction of sp³-hybridized carbons (Fsp3) is 0.867. The summed E-state index contributed by atoms with van der Waals surface area (Å²) in [5.41, 5.74) is 0. The van der Waals surface area contributed by atoms with Crippen LogP contribution in [0.25, 0.3) is 0 Å². The lowest BCUT2D eigenvalue weighted by atomic mass is 9.98. The zero-order chi connectivity index (χ0) is 14.7. The molecule has 1 atom stereocenters. The van der Waals surface area contributed by atoms with Crippen LogP contribution in [0.5, 0.6) is 0 Å². The molecule has 0 aromatic rings. The first-order valence-corrected chi connectivity index (χ1v) is 7.39. The number of unbranched alkanes of at least 4 members (excludes halogenated alkanes) is 4. The molecule has 4 nitrogen and oxygen atoms in total. The molecule has 0 N–H and O–H groups in total.